The predicted octanol–water partition coefficient (Wildman–Crippen LogP) is 4.16. The maximum atomic E-state index is 13.0. The van der Waals surface area contributed by atoms with Crippen LogP contribution in [0.25, 0.3) is 16.5 Å². The standard InChI is InChI=1S/C23H22N2O3/c1-2-14-28-23(27)19-15-25(22(26)16-8-4-3-5-9-16)13-12-18-17-10-6-7-11-20(17)24-21(18)19/h3-11,15,24H,2,12-14H2,1H3. The molecule has 1 aliphatic heterocycles. The number of aromatic amines is 1. The van der Waals surface area contributed by atoms with Gasteiger partial charge in [-0.25, -0.2) is 4.79 Å². The van der Waals surface area contributed by atoms with Gasteiger partial charge in [0.25, 0.3) is 5.91 Å². The normalized spacial score (nSPS) is 13.6. The number of para-hydroxylation sites is 1. The smallest absolute Gasteiger partial charge is 0.341 e. The topological polar surface area (TPSA) is 62.4 Å². The van der Waals surface area contributed by atoms with Gasteiger partial charge in [-0.2, -0.15) is 0 Å². The van der Waals surface area contributed by atoms with Gasteiger partial charge in [0, 0.05) is 29.2 Å². The number of esters is 1. The van der Waals surface area contributed by atoms with E-state index in [1.54, 1.807) is 23.2 Å². The highest BCUT2D eigenvalue weighted by molar-refractivity contribution is 6.18. The van der Waals surface area contributed by atoms with Crippen molar-refractivity contribution in [2.24, 2.45) is 0 Å². The van der Waals surface area contributed by atoms with Gasteiger partial charge in [-0.3, -0.25) is 4.79 Å². The zero-order valence-electron chi connectivity index (χ0n) is 15.8. The molecule has 1 amide bonds. The lowest BCUT2D eigenvalue weighted by molar-refractivity contribution is -0.136. The molecule has 1 aliphatic rings. The Hall–Kier alpha value is -3.34. The molecule has 4 rings (SSSR count). The molecule has 0 spiro atoms. The van der Waals surface area contributed by atoms with Crippen LogP contribution in [0.4, 0.5) is 0 Å². The summed E-state index contributed by atoms with van der Waals surface area (Å²) < 4.78 is 5.41. The summed E-state index contributed by atoms with van der Waals surface area (Å²) >= 11 is 0. The molecule has 1 N–H and O–H groups in total. The number of benzene rings is 2. The maximum Gasteiger partial charge on any atom is 0.341 e. The lowest BCUT2D eigenvalue weighted by Gasteiger charge is -2.18. The fourth-order valence-electron chi connectivity index (χ4n) is 3.54. The minimum atomic E-state index is -0.414. The number of ether oxygens (including phenoxy) is 1. The molecule has 0 fully saturated rings. The van der Waals surface area contributed by atoms with E-state index in [1.807, 2.05) is 49.4 Å². The minimum absolute atomic E-state index is 0.129. The zero-order valence-corrected chi connectivity index (χ0v) is 15.8. The van der Waals surface area contributed by atoms with Gasteiger partial charge in [-0.15, -0.1) is 0 Å². The Labute approximate surface area is 163 Å². The summed E-state index contributed by atoms with van der Waals surface area (Å²) in [6.45, 7) is 2.79. The Bertz CT molecular complexity index is 1050. The monoisotopic (exact) mass is 374 g/mol. The number of hydrogen-bond acceptors (Lipinski definition) is 3. The Kier molecular flexibility index (Phi) is 4.98. The van der Waals surface area contributed by atoms with Crippen LogP contribution in [-0.4, -0.2) is 34.9 Å². The first-order valence-electron chi connectivity index (χ1n) is 9.54. The lowest BCUT2D eigenvalue weighted by Crippen LogP contribution is -2.28. The second-order valence-corrected chi connectivity index (χ2v) is 6.82. The first-order valence-corrected chi connectivity index (χ1v) is 9.54. The third-order valence-corrected chi connectivity index (χ3v) is 4.91. The van der Waals surface area contributed by atoms with Crippen LogP contribution in [0.5, 0.6) is 0 Å². The first-order chi connectivity index (χ1) is 13.7. The molecule has 0 saturated heterocycles. The fourth-order valence-corrected chi connectivity index (χ4v) is 3.54. The molecule has 0 unspecified atom stereocenters. The van der Waals surface area contributed by atoms with Crippen molar-refractivity contribution in [3.05, 3.63) is 77.6 Å². The number of carbonyl (C=O) groups is 2. The van der Waals surface area contributed by atoms with Crippen LogP contribution in [0.2, 0.25) is 0 Å². The van der Waals surface area contributed by atoms with Gasteiger partial charge in [0.05, 0.1) is 17.9 Å². The van der Waals surface area contributed by atoms with E-state index in [4.69, 9.17) is 4.74 Å². The Morgan fingerprint density at radius 3 is 2.61 bits per heavy atom. The number of carbonyl (C=O) groups excluding carboxylic acids is 2. The van der Waals surface area contributed by atoms with Crippen LogP contribution >= 0.6 is 0 Å². The van der Waals surface area contributed by atoms with E-state index in [1.165, 1.54) is 0 Å². The summed E-state index contributed by atoms with van der Waals surface area (Å²) in [5.41, 5.74) is 3.74. The molecule has 0 saturated carbocycles. The highest BCUT2D eigenvalue weighted by Crippen LogP contribution is 2.31. The Balaban J connectivity index is 1.78. The summed E-state index contributed by atoms with van der Waals surface area (Å²) in [4.78, 5) is 30.8. The second kappa shape index (κ2) is 7.72. The van der Waals surface area contributed by atoms with E-state index in [9.17, 15) is 9.59 Å². The number of rotatable bonds is 4. The number of nitrogens with zero attached hydrogens (tertiary/aromatic N) is 1. The maximum absolute atomic E-state index is 13.0. The summed E-state index contributed by atoms with van der Waals surface area (Å²) in [6, 6.07) is 17.1. The molecule has 0 bridgehead atoms. The summed E-state index contributed by atoms with van der Waals surface area (Å²) in [6.07, 6.45) is 3.03. The van der Waals surface area contributed by atoms with E-state index in [2.05, 4.69) is 4.98 Å². The molecule has 142 valence electrons. The largest absolute Gasteiger partial charge is 0.462 e. The van der Waals surface area contributed by atoms with Crippen LogP contribution in [0.15, 0.2) is 60.8 Å². The molecule has 1 aromatic heterocycles. The van der Waals surface area contributed by atoms with E-state index in [-0.39, 0.29) is 5.91 Å². The number of fused-ring (bicyclic) bond motifs is 3. The summed E-state index contributed by atoms with van der Waals surface area (Å²) in [5, 5.41) is 1.07. The average molecular weight is 374 g/mol. The van der Waals surface area contributed by atoms with Gasteiger partial charge < -0.3 is 14.6 Å². The fraction of sp³-hybridized carbons (Fsp3) is 0.217. The van der Waals surface area contributed by atoms with E-state index in [0.29, 0.717) is 30.7 Å². The van der Waals surface area contributed by atoms with Gasteiger partial charge in [-0.1, -0.05) is 43.3 Å². The number of nitrogens with one attached hydrogen (secondary N) is 1. The van der Waals surface area contributed by atoms with Crippen molar-refractivity contribution >= 4 is 28.4 Å². The molecule has 5 nitrogen and oxygen atoms in total. The van der Waals surface area contributed by atoms with Crippen LogP contribution in [0.1, 0.15) is 35.0 Å². The Morgan fingerprint density at radius 2 is 1.82 bits per heavy atom. The molecule has 3 aromatic rings. The predicted molar refractivity (Wildman–Crippen MR) is 109 cm³/mol. The molecule has 0 aliphatic carbocycles. The lowest BCUT2D eigenvalue weighted by atomic mass is 10.0. The van der Waals surface area contributed by atoms with Crippen LogP contribution in [0.3, 0.4) is 0 Å². The molecule has 2 heterocycles. The van der Waals surface area contributed by atoms with Crippen molar-refractivity contribution in [1.82, 2.24) is 9.88 Å². The van der Waals surface area contributed by atoms with Crippen molar-refractivity contribution in [2.45, 2.75) is 19.8 Å². The van der Waals surface area contributed by atoms with E-state index in [0.717, 1.165) is 28.6 Å². The van der Waals surface area contributed by atoms with Crippen molar-refractivity contribution in [2.75, 3.05) is 13.2 Å². The molecular formula is C23H22N2O3. The average Bonchev–Trinajstić information content (AvgIpc) is 3.00. The van der Waals surface area contributed by atoms with Crippen molar-refractivity contribution in [3.8, 4) is 0 Å². The van der Waals surface area contributed by atoms with Gasteiger partial charge in [0.1, 0.15) is 0 Å². The molecule has 2 aromatic carbocycles. The zero-order chi connectivity index (χ0) is 19.5. The number of amides is 1. The van der Waals surface area contributed by atoms with Crippen LogP contribution in [0, 0.1) is 0 Å². The minimum Gasteiger partial charge on any atom is -0.462 e. The SMILES string of the molecule is CCCOC(=O)C1=CN(C(=O)c2ccccc2)CCc2c1[nH]c1ccccc21. The van der Waals surface area contributed by atoms with E-state index < -0.39 is 5.97 Å². The Morgan fingerprint density at radius 1 is 1.07 bits per heavy atom. The van der Waals surface area contributed by atoms with Crippen molar-refractivity contribution in [3.63, 3.8) is 0 Å². The third-order valence-electron chi connectivity index (χ3n) is 4.91. The second-order valence-electron chi connectivity index (χ2n) is 6.82. The van der Waals surface area contributed by atoms with Gasteiger partial charge in [0.15, 0.2) is 0 Å². The summed E-state index contributed by atoms with van der Waals surface area (Å²) in [7, 11) is 0. The summed E-state index contributed by atoms with van der Waals surface area (Å²) in [5.74, 6) is -0.543. The van der Waals surface area contributed by atoms with Gasteiger partial charge >= 0.3 is 5.97 Å². The van der Waals surface area contributed by atoms with Crippen molar-refractivity contribution in [1.29, 1.82) is 0 Å². The van der Waals surface area contributed by atoms with E-state index >= 15 is 0 Å². The number of hydrogen-bond donors (Lipinski definition) is 1. The molecule has 5 heteroatoms. The number of aromatic nitrogens is 1. The van der Waals surface area contributed by atoms with Crippen molar-refractivity contribution < 1.29 is 14.3 Å². The highest BCUT2D eigenvalue weighted by Gasteiger charge is 2.27. The first kappa shape index (κ1) is 18.0. The molecule has 0 radical (unpaired) electrons. The van der Waals surface area contributed by atoms with Crippen LogP contribution < -0.4 is 0 Å². The van der Waals surface area contributed by atoms with Gasteiger partial charge in [-0.05, 0) is 36.6 Å². The molecule has 28 heavy (non-hydrogen) atoms. The molecular weight excluding hydrogens is 352 g/mol. The quantitative estimate of drug-likeness (QED) is 0.698. The number of H-pyrrole nitrogens is 1. The van der Waals surface area contributed by atoms with Gasteiger partial charge in [0.2, 0.25) is 0 Å². The third kappa shape index (κ3) is 3.31. The van der Waals surface area contributed by atoms with Crippen LogP contribution in [-0.2, 0) is 16.0 Å². The molecule has 0 atom stereocenters. The highest BCUT2D eigenvalue weighted by atomic mass is 16.5.